The van der Waals surface area contributed by atoms with Gasteiger partial charge in [-0.15, -0.1) is 0 Å². The normalized spacial score (nSPS) is 12.2. The van der Waals surface area contributed by atoms with Crippen LogP contribution in [0.4, 0.5) is 0 Å². The Morgan fingerprint density at radius 2 is 1.09 bits per heavy atom. The highest BCUT2D eigenvalue weighted by Crippen LogP contribution is 2.24. The third kappa shape index (κ3) is 23.8. The highest BCUT2D eigenvalue weighted by Gasteiger charge is 2.15. The second kappa shape index (κ2) is 30.9. The van der Waals surface area contributed by atoms with Gasteiger partial charge in [0.25, 0.3) is 0 Å². The monoisotopic (exact) mass is 647 g/mol. The van der Waals surface area contributed by atoms with E-state index in [-0.39, 0.29) is 31.9 Å². The Labute approximate surface area is 285 Å². The molecule has 1 N–H and O–H groups in total. The Morgan fingerprint density at radius 1 is 0.587 bits per heavy atom. The smallest absolute Gasteiger partial charge is 0.306 e. The van der Waals surface area contributed by atoms with Crippen LogP contribution >= 0.6 is 0 Å². The zero-order valence-electron chi connectivity index (χ0n) is 30.8. The number of aryl methyl sites for hydroxylation is 1. The minimum absolute atomic E-state index is 0.00136. The maximum Gasteiger partial charge on any atom is 0.306 e. The van der Waals surface area contributed by atoms with Crippen LogP contribution in [0.15, 0.2) is 18.2 Å². The SMILES string of the molecule is CCCCCCCCOC(CCC(=O)OCc1cc(CO)cc(CCC(CCCC)CCCCCC)c1)OCCCCCCCC. The van der Waals surface area contributed by atoms with Crippen molar-refractivity contribution in [2.75, 3.05) is 13.2 Å². The van der Waals surface area contributed by atoms with Crippen LogP contribution in [-0.4, -0.2) is 30.6 Å². The third-order valence-electron chi connectivity index (χ3n) is 9.16. The molecule has 5 heteroatoms. The molecule has 0 fully saturated rings. The fraction of sp³-hybridized carbons (Fsp3) is 0.829. The fourth-order valence-corrected chi connectivity index (χ4v) is 6.20. The molecule has 5 nitrogen and oxygen atoms in total. The molecule has 0 aromatic heterocycles. The Hall–Kier alpha value is -1.43. The molecule has 1 unspecified atom stereocenters. The number of aliphatic hydroxyl groups excluding tert-OH is 1. The van der Waals surface area contributed by atoms with Gasteiger partial charge in [-0.1, -0.05) is 161 Å². The van der Waals surface area contributed by atoms with E-state index < -0.39 is 0 Å². The lowest BCUT2D eigenvalue weighted by molar-refractivity contribution is -0.160. The van der Waals surface area contributed by atoms with Crippen LogP contribution < -0.4 is 0 Å². The van der Waals surface area contributed by atoms with Crippen molar-refractivity contribution in [2.45, 2.75) is 201 Å². The van der Waals surface area contributed by atoms with Crippen molar-refractivity contribution in [3.63, 3.8) is 0 Å². The molecule has 46 heavy (non-hydrogen) atoms. The quantitative estimate of drug-likeness (QED) is 0.0467. The minimum Gasteiger partial charge on any atom is -0.461 e. The second-order valence-corrected chi connectivity index (χ2v) is 13.6. The summed E-state index contributed by atoms with van der Waals surface area (Å²) in [6, 6.07) is 6.24. The predicted octanol–water partition coefficient (Wildman–Crippen LogP) is 11.8. The Balaban J connectivity index is 2.59. The summed E-state index contributed by atoms with van der Waals surface area (Å²) in [4.78, 5) is 12.8. The van der Waals surface area contributed by atoms with Crippen LogP contribution in [0.2, 0.25) is 0 Å². The van der Waals surface area contributed by atoms with E-state index >= 15 is 0 Å². The van der Waals surface area contributed by atoms with Gasteiger partial charge in [-0.3, -0.25) is 4.79 Å². The summed E-state index contributed by atoms with van der Waals surface area (Å²) in [7, 11) is 0. The van der Waals surface area contributed by atoms with Crippen LogP contribution in [0.3, 0.4) is 0 Å². The molecule has 0 heterocycles. The first-order valence-corrected chi connectivity index (χ1v) is 19.7. The van der Waals surface area contributed by atoms with Gasteiger partial charge in [0.1, 0.15) is 6.61 Å². The van der Waals surface area contributed by atoms with Crippen LogP contribution in [0.25, 0.3) is 0 Å². The molecule has 0 saturated carbocycles. The molecule has 0 bridgehead atoms. The lowest BCUT2D eigenvalue weighted by atomic mass is 9.89. The number of ether oxygens (including phenoxy) is 3. The predicted molar refractivity (Wildman–Crippen MR) is 194 cm³/mol. The lowest BCUT2D eigenvalue weighted by Gasteiger charge is -2.19. The number of unbranched alkanes of at least 4 members (excludes halogenated alkanes) is 14. The van der Waals surface area contributed by atoms with Gasteiger partial charge >= 0.3 is 5.97 Å². The number of esters is 1. The number of aliphatic hydroxyl groups is 1. The Bertz CT molecular complexity index is 807. The lowest BCUT2D eigenvalue weighted by Crippen LogP contribution is -2.21. The van der Waals surface area contributed by atoms with Crippen molar-refractivity contribution in [1.82, 2.24) is 0 Å². The number of hydrogen-bond donors (Lipinski definition) is 1. The van der Waals surface area contributed by atoms with Gasteiger partial charge in [-0.25, -0.2) is 0 Å². The summed E-state index contributed by atoms with van der Waals surface area (Å²) < 4.78 is 17.9. The van der Waals surface area contributed by atoms with E-state index in [0.29, 0.717) is 19.6 Å². The second-order valence-electron chi connectivity index (χ2n) is 13.6. The Kier molecular flexibility index (Phi) is 28.6. The zero-order chi connectivity index (χ0) is 33.5. The number of benzene rings is 1. The van der Waals surface area contributed by atoms with Crippen molar-refractivity contribution in [2.24, 2.45) is 5.92 Å². The van der Waals surface area contributed by atoms with Gasteiger partial charge in [-0.2, -0.15) is 0 Å². The largest absolute Gasteiger partial charge is 0.461 e. The van der Waals surface area contributed by atoms with Crippen LogP contribution in [0.1, 0.15) is 192 Å². The first kappa shape index (κ1) is 42.6. The van der Waals surface area contributed by atoms with Crippen molar-refractivity contribution in [1.29, 1.82) is 0 Å². The summed E-state index contributed by atoms with van der Waals surface area (Å²) in [6.45, 7) is 10.6. The molecular formula is C41H74O5. The van der Waals surface area contributed by atoms with Gasteiger partial charge in [-0.05, 0) is 48.3 Å². The van der Waals surface area contributed by atoms with E-state index in [0.717, 1.165) is 36.3 Å². The number of carbonyl (C=O) groups excluding carboxylic acids is 1. The van der Waals surface area contributed by atoms with Crippen molar-refractivity contribution < 1.29 is 24.1 Å². The summed E-state index contributed by atoms with van der Waals surface area (Å²) in [5.41, 5.74) is 3.08. The number of carbonyl (C=O) groups is 1. The van der Waals surface area contributed by atoms with E-state index in [1.807, 2.05) is 6.07 Å². The maximum absolute atomic E-state index is 12.8. The van der Waals surface area contributed by atoms with E-state index in [1.165, 1.54) is 128 Å². The molecule has 1 rings (SSSR count). The molecule has 0 amide bonds. The van der Waals surface area contributed by atoms with Crippen molar-refractivity contribution in [3.05, 3.63) is 34.9 Å². The highest BCUT2D eigenvalue weighted by atomic mass is 16.7. The Morgan fingerprint density at radius 3 is 1.67 bits per heavy atom. The topological polar surface area (TPSA) is 65.0 Å². The minimum atomic E-state index is -0.356. The van der Waals surface area contributed by atoms with Crippen molar-refractivity contribution in [3.8, 4) is 0 Å². The molecule has 1 atom stereocenters. The summed E-state index contributed by atoms with van der Waals surface area (Å²) in [5.74, 6) is 0.536. The molecule has 0 radical (unpaired) electrons. The van der Waals surface area contributed by atoms with Gasteiger partial charge in [0.15, 0.2) is 6.29 Å². The van der Waals surface area contributed by atoms with Crippen LogP contribution in [-0.2, 0) is 38.6 Å². The fourth-order valence-electron chi connectivity index (χ4n) is 6.20. The van der Waals surface area contributed by atoms with E-state index in [9.17, 15) is 9.90 Å². The molecule has 0 aliphatic heterocycles. The first-order valence-electron chi connectivity index (χ1n) is 19.7. The molecule has 1 aromatic rings. The third-order valence-corrected chi connectivity index (χ3v) is 9.16. The number of hydrogen-bond acceptors (Lipinski definition) is 5. The molecule has 0 spiro atoms. The van der Waals surface area contributed by atoms with E-state index in [4.69, 9.17) is 14.2 Å². The molecule has 268 valence electrons. The van der Waals surface area contributed by atoms with Gasteiger partial charge < -0.3 is 19.3 Å². The van der Waals surface area contributed by atoms with Crippen LogP contribution in [0, 0.1) is 5.92 Å². The van der Waals surface area contributed by atoms with Crippen LogP contribution in [0.5, 0.6) is 0 Å². The van der Waals surface area contributed by atoms with Gasteiger partial charge in [0, 0.05) is 19.6 Å². The van der Waals surface area contributed by atoms with Gasteiger partial charge in [0.2, 0.25) is 0 Å². The molecule has 1 aromatic carbocycles. The first-order chi connectivity index (χ1) is 22.6. The molecular weight excluding hydrogens is 572 g/mol. The summed E-state index contributed by atoms with van der Waals surface area (Å²) >= 11 is 0. The van der Waals surface area contributed by atoms with Crippen molar-refractivity contribution >= 4 is 5.97 Å². The van der Waals surface area contributed by atoms with Gasteiger partial charge in [0.05, 0.1) is 13.0 Å². The molecule has 0 aliphatic carbocycles. The molecule has 0 saturated heterocycles. The average molecular weight is 647 g/mol. The summed E-state index contributed by atoms with van der Waals surface area (Å²) in [5, 5.41) is 9.92. The average Bonchev–Trinajstić information content (AvgIpc) is 3.07. The standard InChI is InChI=1S/C41H74O5/c1-5-9-13-16-18-21-29-44-41(45-30-22-19-17-14-10-6-2)28-27-40(43)46-35-39-32-37(31-38(33-39)34-42)26-25-36(23-12-8-4)24-20-15-11-7-3/h31-33,36,41-42H,5-30,34-35H2,1-4H3. The van der Waals surface area contributed by atoms with E-state index in [1.54, 1.807) is 0 Å². The maximum atomic E-state index is 12.8. The summed E-state index contributed by atoms with van der Waals surface area (Å²) in [6.07, 6.45) is 27.7. The molecule has 0 aliphatic rings. The van der Waals surface area contributed by atoms with E-state index in [2.05, 4.69) is 39.8 Å². The zero-order valence-corrected chi connectivity index (χ0v) is 30.8. The number of rotatable bonds is 33. The highest BCUT2D eigenvalue weighted by molar-refractivity contribution is 5.69.